The number of benzene rings is 1. The molecule has 0 saturated heterocycles. The molecule has 0 spiro atoms. The van der Waals surface area contributed by atoms with Crippen molar-refractivity contribution in [2.24, 2.45) is 0 Å². The zero-order valence-electron chi connectivity index (χ0n) is 11.9. The summed E-state index contributed by atoms with van der Waals surface area (Å²) in [5, 5.41) is 0.779. The first kappa shape index (κ1) is 15.2. The quantitative estimate of drug-likeness (QED) is 0.746. The molecule has 1 saturated carbocycles. The van der Waals surface area contributed by atoms with E-state index in [2.05, 4.69) is 15.9 Å². The molecule has 5 heteroatoms. The summed E-state index contributed by atoms with van der Waals surface area (Å²) in [5.41, 5.74) is 0.569. The Kier molecular flexibility index (Phi) is 5.29. The van der Waals surface area contributed by atoms with Crippen molar-refractivity contribution in [3.05, 3.63) is 23.8 Å². The SMILES string of the molecule is COc1ccc(OC)c(C(=O)N(CCBr)C2CCC2)c1. The maximum absolute atomic E-state index is 12.8. The van der Waals surface area contributed by atoms with Crippen LogP contribution in [0.15, 0.2) is 18.2 Å². The number of carbonyl (C=O) groups is 1. The molecule has 1 aromatic rings. The van der Waals surface area contributed by atoms with Gasteiger partial charge in [0.1, 0.15) is 11.5 Å². The van der Waals surface area contributed by atoms with E-state index in [4.69, 9.17) is 9.47 Å². The Hall–Kier alpha value is -1.23. The van der Waals surface area contributed by atoms with E-state index in [1.165, 1.54) is 6.42 Å². The summed E-state index contributed by atoms with van der Waals surface area (Å²) in [6, 6.07) is 5.68. The first-order valence-electron chi connectivity index (χ1n) is 6.80. The van der Waals surface area contributed by atoms with Crippen molar-refractivity contribution in [3.63, 3.8) is 0 Å². The van der Waals surface area contributed by atoms with Crippen molar-refractivity contribution in [1.82, 2.24) is 4.90 Å². The molecule has 0 aliphatic heterocycles. The third-order valence-corrected chi connectivity index (χ3v) is 4.09. The minimum absolute atomic E-state index is 0.0184. The molecule has 1 aliphatic rings. The van der Waals surface area contributed by atoms with E-state index in [9.17, 15) is 4.79 Å². The van der Waals surface area contributed by atoms with Crippen molar-refractivity contribution >= 4 is 21.8 Å². The van der Waals surface area contributed by atoms with Crippen LogP contribution in [0.3, 0.4) is 0 Å². The first-order chi connectivity index (χ1) is 9.71. The van der Waals surface area contributed by atoms with Crippen molar-refractivity contribution in [2.75, 3.05) is 26.1 Å². The molecule has 0 bridgehead atoms. The van der Waals surface area contributed by atoms with Crippen LogP contribution in [0.1, 0.15) is 29.6 Å². The number of hydrogen-bond acceptors (Lipinski definition) is 3. The molecule has 0 atom stereocenters. The number of carbonyl (C=O) groups excluding carboxylic acids is 1. The predicted molar refractivity (Wildman–Crippen MR) is 82.0 cm³/mol. The second kappa shape index (κ2) is 6.97. The molecule has 0 unspecified atom stereocenters. The number of methoxy groups -OCH3 is 2. The largest absolute Gasteiger partial charge is 0.497 e. The molecule has 110 valence electrons. The van der Waals surface area contributed by atoms with Gasteiger partial charge in [-0.05, 0) is 37.5 Å². The molecule has 1 fully saturated rings. The molecule has 4 nitrogen and oxygen atoms in total. The highest BCUT2D eigenvalue weighted by molar-refractivity contribution is 9.09. The molecule has 1 aliphatic carbocycles. The van der Waals surface area contributed by atoms with Crippen LogP contribution in [0, 0.1) is 0 Å². The van der Waals surface area contributed by atoms with Gasteiger partial charge < -0.3 is 14.4 Å². The highest BCUT2D eigenvalue weighted by Crippen LogP contribution is 2.30. The summed E-state index contributed by atoms with van der Waals surface area (Å²) in [5.74, 6) is 1.28. The Balaban J connectivity index is 2.29. The second-order valence-corrected chi connectivity index (χ2v) is 5.63. The molecule has 0 radical (unpaired) electrons. The minimum atomic E-state index is 0.0184. The summed E-state index contributed by atoms with van der Waals surface area (Å²) in [7, 11) is 3.18. The average Bonchev–Trinajstić information content (AvgIpc) is 2.43. The summed E-state index contributed by atoms with van der Waals surface area (Å²) < 4.78 is 10.5. The Bertz CT molecular complexity index is 474. The standard InChI is InChI=1S/C15H20BrNO3/c1-19-12-6-7-14(20-2)13(10-12)15(18)17(9-8-16)11-4-3-5-11/h6-7,10-11H,3-5,8-9H2,1-2H3. The van der Waals surface area contributed by atoms with E-state index >= 15 is 0 Å². The van der Waals surface area contributed by atoms with E-state index in [0.29, 0.717) is 29.6 Å². The van der Waals surface area contributed by atoms with Gasteiger partial charge in [0.2, 0.25) is 0 Å². The van der Waals surface area contributed by atoms with Crippen LogP contribution in [-0.4, -0.2) is 42.9 Å². The predicted octanol–water partition coefficient (Wildman–Crippen LogP) is 3.09. The fraction of sp³-hybridized carbons (Fsp3) is 0.533. The lowest BCUT2D eigenvalue weighted by Gasteiger charge is -2.37. The number of alkyl halides is 1. The number of ether oxygens (including phenoxy) is 2. The third-order valence-electron chi connectivity index (χ3n) is 3.74. The number of halogens is 1. The maximum Gasteiger partial charge on any atom is 0.258 e. The van der Waals surface area contributed by atoms with E-state index in [0.717, 1.165) is 18.2 Å². The summed E-state index contributed by atoms with van der Waals surface area (Å²) in [4.78, 5) is 14.7. The average molecular weight is 342 g/mol. The van der Waals surface area contributed by atoms with Crippen LogP contribution >= 0.6 is 15.9 Å². The zero-order chi connectivity index (χ0) is 14.5. The number of rotatable bonds is 6. The lowest BCUT2D eigenvalue weighted by Crippen LogP contribution is -2.45. The van der Waals surface area contributed by atoms with Crippen LogP contribution in [-0.2, 0) is 0 Å². The molecular weight excluding hydrogens is 322 g/mol. The Morgan fingerprint density at radius 2 is 2.10 bits per heavy atom. The summed E-state index contributed by atoms with van der Waals surface area (Å²) >= 11 is 3.43. The highest BCUT2D eigenvalue weighted by atomic mass is 79.9. The first-order valence-corrected chi connectivity index (χ1v) is 7.92. The maximum atomic E-state index is 12.8. The molecular formula is C15H20BrNO3. The molecule has 20 heavy (non-hydrogen) atoms. The summed E-state index contributed by atoms with van der Waals surface area (Å²) in [6.07, 6.45) is 3.38. The molecule has 0 aromatic heterocycles. The van der Waals surface area contributed by atoms with E-state index in [1.54, 1.807) is 32.4 Å². The monoisotopic (exact) mass is 341 g/mol. The Morgan fingerprint density at radius 1 is 1.35 bits per heavy atom. The van der Waals surface area contributed by atoms with Crippen LogP contribution < -0.4 is 9.47 Å². The van der Waals surface area contributed by atoms with Crippen molar-refractivity contribution in [1.29, 1.82) is 0 Å². The van der Waals surface area contributed by atoms with Gasteiger partial charge in [0.05, 0.1) is 19.8 Å². The minimum Gasteiger partial charge on any atom is -0.497 e. The van der Waals surface area contributed by atoms with Gasteiger partial charge in [-0.25, -0.2) is 0 Å². The summed E-state index contributed by atoms with van der Waals surface area (Å²) in [6.45, 7) is 0.712. The van der Waals surface area contributed by atoms with Gasteiger partial charge in [0.25, 0.3) is 5.91 Å². The third kappa shape index (κ3) is 3.08. The van der Waals surface area contributed by atoms with Gasteiger partial charge in [-0.15, -0.1) is 0 Å². The van der Waals surface area contributed by atoms with Crippen molar-refractivity contribution in [2.45, 2.75) is 25.3 Å². The van der Waals surface area contributed by atoms with E-state index in [-0.39, 0.29) is 5.91 Å². The molecule has 0 N–H and O–H groups in total. The number of amides is 1. The van der Waals surface area contributed by atoms with E-state index < -0.39 is 0 Å². The van der Waals surface area contributed by atoms with Gasteiger partial charge in [-0.2, -0.15) is 0 Å². The van der Waals surface area contributed by atoms with Gasteiger partial charge in [0, 0.05) is 17.9 Å². The van der Waals surface area contributed by atoms with Gasteiger partial charge >= 0.3 is 0 Å². The second-order valence-electron chi connectivity index (χ2n) is 4.84. The van der Waals surface area contributed by atoms with E-state index in [1.807, 2.05) is 4.90 Å². The highest BCUT2D eigenvalue weighted by Gasteiger charge is 2.30. The van der Waals surface area contributed by atoms with Crippen LogP contribution in [0.4, 0.5) is 0 Å². The fourth-order valence-electron chi connectivity index (χ4n) is 2.38. The molecule has 0 heterocycles. The molecule has 2 rings (SSSR count). The zero-order valence-corrected chi connectivity index (χ0v) is 13.5. The van der Waals surface area contributed by atoms with Gasteiger partial charge in [-0.3, -0.25) is 4.79 Å². The lowest BCUT2D eigenvalue weighted by atomic mass is 9.91. The van der Waals surface area contributed by atoms with Crippen molar-refractivity contribution < 1.29 is 14.3 Å². The van der Waals surface area contributed by atoms with Crippen molar-refractivity contribution in [3.8, 4) is 11.5 Å². The fourth-order valence-corrected chi connectivity index (χ4v) is 2.76. The number of hydrogen-bond donors (Lipinski definition) is 0. The van der Waals surface area contributed by atoms with Crippen LogP contribution in [0.5, 0.6) is 11.5 Å². The Morgan fingerprint density at radius 3 is 2.60 bits per heavy atom. The number of nitrogens with zero attached hydrogens (tertiary/aromatic N) is 1. The van der Waals surface area contributed by atoms with Gasteiger partial charge in [-0.1, -0.05) is 15.9 Å². The van der Waals surface area contributed by atoms with Crippen LogP contribution in [0.2, 0.25) is 0 Å². The Labute approximate surface area is 128 Å². The van der Waals surface area contributed by atoms with Gasteiger partial charge in [0.15, 0.2) is 0 Å². The normalized spacial score (nSPS) is 14.6. The smallest absolute Gasteiger partial charge is 0.258 e. The molecule has 1 aromatic carbocycles. The lowest BCUT2D eigenvalue weighted by molar-refractivity contribution is 0.0596. The van der Waals surface area contributed by atoms with Crippen LogP contribution in [0.25, 0.3) is 0 Å². The topological polar surface area (TPSA) is 38.8 Å². The molecule has 1 amide bonds.